The standard InChI is InChI=1S/C19H35N3O5S/c1-5-28(25,26)22-12-8-16(9-13-22)17(23)21-10-6-15(7-11-21)14-20-18(24)27-19(2,3)4/h15-16H,5-14H2,1-4H3,(H,20,24). The lowest BCUT2D eigenvalue weighted by atomic mass is 9.92. The molecule has 0 aromatic rings. The predicted octanol–water partition coefficient (Wildman–Crippen LogP) is 1.81. The van der Waals surface area contributed by atoms with Gasteiger partial charge in [-0.3, -0.25) is 4.79 Å². The van der Waals surface area contributed by atoms with Crippen molar-refractivity contribution in [3.63, 3.8) is 0 Å². The van der Waals surface area contributed by atoms with Gasteiger partial charge in [0, 0.05) is 38.6 Å². The summed E-state index contributed by atoms with van der Waals surface area (Å²) in [6, 6.07) is 0. The summed E-state index contributed by atoms with van der Waals surface area (Å²) in [5.74, 6) is 0.510. The first-order valence-corrected chi connectivity index (χ1v) is 11.9. The largest absolute Gasteiger partial charge is 0.444 e. The van der Waals surface area contributed by atoms with Crippen LogP contribution in [0.5, 0.6) is 0 Å². The first-order valence-electron chi connectivity index (χ1n) is 10.3. The molecule has 0 aromatic heterocycles. The van der Waals surface area contributed by atoms with Crippen molar-refractivity contribution in [1.82, 2.24) is 14.5 Å². The lowest BCUT2D eigenvalue weighted by Gasteiger charge is -2.37. The van der Waals surface area contributed by atoms with Crippen LogP contribution in [0.4, 0.5) is 4.79 Å². The minimum absolute atomic E-state index is 0.0836. The number of rotatable bonds is 5. The zero-order valence-corrected chi connectivity index (χ0v) is 18.4. The number of likely N-dealkylation sites (tertiary alicyclic amines) is 1. The lowest BCUT2D eigenvalue weighted by Crippen LogP contribution is -2.47. The Labute approximate surface area is 169 Å². The fourth-order valence-corrected chi connectivity index (χ4v) is 4.85. The second-order valence-corrected chi connectivity index (χ2v) is 11.0. The van der Waals surface area contributed by atoms with Gasteiger partial charge in [0.2, 0.25) is 15.9 Å². The van der Waals surface area contributed by atoms with Crippen LogP contribution in [0, 0.1) is 11.8 Å². The van der Waals surface area contributed by atoms with Gasteiger partial charge in [-0.1, -0.05) is 0 Å². The average Bonchev–Trinajstić information content (AvgIpc) is 2.65. The van der Waals surface area contributed by atoms with Crippen molar-refractivity contribution in [3.8, 4) is 0 Å². The molecule has 8 nitrogen and oxygen atoms in total. The third-order valence-corrected chi connectivity index (χ3v) is 7.30. The van der Waals surface area contributed by atoms with E-state index in [0.717, 1.165) is 12.8 Å². The molecular formula is C19H35N3O5S. The summed E-state index contributed by atoms with van der Waals surface area (Å²) in [5.41, 5.74) is -0.508. The lowest BCUT2D eigenvalue weighted by molar-refractivity contribution is -0.138. The molecule has 28 heavy (non-hydrogen) atoms. The molecule has 2 fully saturated rings. The molecule has 2 heterocycles. The van der Waals surface area contributed by atoms with Crippen LogP contribution in [-0.4, -0.2) is 73.7 Å². The van der Waals surface area contributed by atoms with Crippen molar-refractivity contribution in [1.29, 1.82) is 0 Å². The summed E-state index contributed by atoms with van der Waals surface area (Å²) < 4.78 is 30.6. The molecule has 2 rings (SSSR count). The zero-order chi connectivity index (χ0) is 20.9. The molecular weight excluding hydrogens is 382 g/mol. The molecule has 0 radical (unpaired) electrons. The van der Waals surface area contributed by atoms with Crippen LogP contribution in [0.1, 0.15) is 53.4 Å². The topological polar surface area (TPSA) is 96.0 Å². The van der Waals surface area contributed by atoms with Gasteiger partial charge in [0.15, 0.2) is 0 Å². The van der Waals surface area contributed by atoms with Gasteiger partial charge >= 0.3 is 6.09 Å². The minimum atomic E-state index is -3.16. The van der Waals surface area contributed by atoms with Crippen LogP contribution in [-0.2, 0) is 19.6 Å². The Morgan fingerprint density at radius 1 is 1.04 bits per heavy atom. The van der Waals surface area contributed by atoms with E-state index in [-0.39, 0.29) is 17.6 Å². The Morgan fingerprint density at radius 2 is 1.61 bits per heavy atom. The predicted molar refractivity (Wildman–Crippen MR) is 107 cm³/mol. The zero-order valence-electron chi connectivity index (χ0n) is 17.6. The third-order valence-electron chi connectivity index (χ3n) is 5.42. The van der Waals surface area contributed by atoms with Crippen molar-refractivity contribution >= 4 is 22.0 Å². The van der Waals surface area contributed by atoms with E-state index < -0.39 is 21.7 Å². The van der Waals surface area contributed by atoms with Gasteiger partial charge in [0.25, 0.3) is 0 Å². The van der Waals surface area contributed by atoms with E-state index in [1.165, 1.54) is 4.31 Å². The monoisotopic (exact) mass is 417 g/mol. The van der Waals surface area contributed by atoms with E-state index in [9.17, 15) is 18.0 Å². The maximum absolute atomic E-state index is 12.8. The quantitative estimate of drug-likeness (QED) is 0.736. The molecule has 9 heteroatoms. The number of carbonyl (C=O) groups is 2. The van der Waals surface area contributed by atoms with E-state index in [1.807, 2.05) is 25.7 Å². The second-order valence-electron chi connectivity index (χ2n) is 8.73. The van der Waals surface area contributed by atoms with Crippen LogP contribution < -0.4 is 5.32 Å². The van der Waals surface area contributed by atoms with Gasteiger partial charge in [-0.2, -0.15) is 0 Å². The Morgan fingerprint density at radius 3 is 2.11 bits per heavy atom. The maximum atomic E-state index is 12.8. The van der Waals surface area contributed by atoms with Crippen LogP contribution in [0.25, 0.3) is 0 Å². The number of piperidine rings is 2. The van der Waals surface area contributed by atoms with Crippen molar-refractivity contribution in [2.75, 3.05) is 38.5 Å². The highest BCUT2D eigenvalue weighted by Gasteiger charge is 2.33. The summed E-state index contributed by atoms with van der Waals surface area (Å²) in [6.45, 7) is 9.95. The Hall–Kier alpha value is -1.35. The summed E-state index contributed by atoms with van der Waals surface area (Å²) in [7, 11) is -3.16. The third kappa shape index (κ3) is 6.62. The highest BCUT2D eigenvalue weighted by molar-refractivity contribution is 7.89. The molecule has 0 atom stereocenters. The fraction of sp³-hybridized carbons (Fsp3) is 0.895. The molecule has 0 aliphatic carbocycles. The van der Waals surface area contributed by atoms with Crippen LogP contribution in [0.15, 0.2) is 0 Å². The smallest absolute Gasteiger partial charge is 0.407 e. The number of ether oxygens (including phenoxy) is 1. The van der Waals surface area contributed by atoms with Crippen molar-refractivity contribution < 1.29 is 22.7 Å². The van der Waals surface area contributed by atoms with Gasteiger partial charge in [0.05, 0.1) is 5.75 Å². The average molecular weight is 418 g/mol. The Balaban J connectivity index is 1.72. The minimum Gasteiger partial charge on any atom is -0.444 e. The van der Waals surface area contributed by atoms with Gasteiger partial charge in [-0.05, 0) is 59.3 Å². The number of alkyl carbamates (subject to hydrolysis) is 1. The first kappa shape index (κ1) is 22.9. The number of nitrogens with one attached hydrogen (secondary N) is 1. The van der Waals surface area contributed by atoms with Gasteiger partial charge in [-0.25, -0.2) is 17.5 Å². The molecule has 0 bridgehead atoms. The van der Waals surface area contributed by atoms with Crippen molar-refractivity contribution in [3.05, 3.63) is 0 Å². The molecule has 2 amide bonds. The fourth-order valence-electron chi connectivity index (χ4n) is 3.72. The van der Waals surface area contributed by atoms with E-state index >= 15 is 0 Å². The number of amides is 2. The van der Waals surface area contributed by atoms with Gasteiger partial charge < -0.3 is 15.0 Å². The molecule has 0 aromatic carbocycles. The van der Waals surface area contributed by atoms with E-state index in [0.29, 0.717) is 51.5 Å². The maximum Gasteiger partial charge on any atom is 0.407 e. The van der Waals surface area contributed by atoms with E-state index in [4.69, 9.17) is 4.74 Å². The number of carbonyl (C=O) groups excluding carboxylic acids is 2. The molecule has 0 unspecified atom stereocenters. The molecule has 1 N–H and O–H groups in total. The summed E-state index contributed by atoms with van der Waals surface area (Å²) in [5, 5.41) is 2.81. The highest BCUT2D eigenvalue weighted by Crippen LogP contribution is 2.25. The van der Waals surface area contributed by atoms with Crippen LogP contribution in [0.3, 0.4) is 0 Å². The number of hydrogen-bond acceptors (Lipinski definition) is 5. The van der Waals surface area contributed by atoms with Crippen LogP contribution in [0.2, 0.25) is 0 Å². The molecule has 2 saturated heterocycles. The number of sulfonamides is 1. The molecule has 162 valence electrons. The molecule has 0 spiro atoms. The first-order chi connectivity index (χ1) is 13.0. The van der Waals surface area contributed by atoms with Crippen molar-refractivity contribution in [2.24, 2.45) is 11.8 Å². The SMILES string of the molecule is CCS(=O)(=O)N1CCC(C(=O)N2CCC(CNC(=O)OC(C)(C)C)CC2)CC1. The molecule has 2 aliphatic rings. The van der Waals surface area contributed by atoms with E-state index in [1.54, 1.807) is 6.92 Å². The Kier molecular flexibility index (Phi) is 7.73. The molecule has 2 aliphatic heterocycles. The Bertz CT molecular complexity index is 643. The van der Waals surface area contributed by atoms with Crippen LogP contribution >= 0.6 is 0 Å². The summed E-state index contributed by atoms with van der Waals surface area (Å²) in [6.07, 6.45) is 2.49. The molecule has 0 saturated carbocycles. The van der Waals surface area contributed by atoms with Crippen molar-refractivity contribution in [2.45, 2.75) is 59.0 Å². The summed E-state index contributed by atoms with van der Waals surface area (Å²) >= 11 is 0. The second kappa shape index (κ2) is 9.43. The van der Waals surface area contributed by atoms with Gasteiger partial charge in [0.1, 0.15) is 5.60 Å². The highest BCUT2D eigenvalue weighted by atomic mass is 32.2. The normalized spacial score (nSPS) is 20.8. The van der Waals surface area contributed by atoms with E-state index in [2.05, 4.69) is 5.32 Å². The van der Waals surface area contributed by atoms with Gasteiger partial charge in [-0.15, -0.1) is 0 Å². The summed E-state index contributed by atoms with van der Waals surface area (Å²) in [4.78, 5) is 26.4. The number of hydrogen-bond donors (Lipinski definition) is 1. The number of nitrogens with zero attached hydrogens (tertiary/aromatic N) is 2.